The molecule has 0 saturated heterocycles. The fraction of sp³-hybridized carbons (Fsp3) is 0.158. The van der Waals surface area contributed by atoms with Crippen LogP contribution in [0.5, 0.6) is 0 Å². The van der Waals surface area contributed by atoms with E-state index < -0.39 is 28.5 Å². The van der Waals surface area contributed by atoms with E-state index in [1.165, 1.54) is 50.5 Å². The minimum absolute atomic E-state index is 0.0400. The molecule has 28 heavy (non-hydrogen) atoms. The quantitative estimate of drug-likeness (QED) is 0.547. The second-order valence-electron chi connectivity index (χ2n) is 5.86. The number of esters is 1. The summed E-state index contributed by atoms with van der Waals surface area (Å²) in [5, 5.41) is 3.07. The molecule has 0 aliphatic rings. The minimum atomic E-state index is -3.62. The highest BCUT2D eigenvalue weighted by Crippen LogP contribution is 2.18. The molecule has 9 heteroatoms. The van der Waals surface area contributed by atoms with Crippen LogP contribution < -0.4 is 5.32 Å². The van der Waals surface area contributed by atoms with Crippen molar-refractivity contribution in [2.45, 2.75) is 4.90 Å². The van der Waals surface area contributed by atoms with Crippen LogP contribution in [0, 0.1) is 0 Å². The molecule has 1 N–H and O–H groups in total. The summed E-state index contributed by atoms with van der Waals surface area (Å²) in [5.74, 6) is -1.28. The smallest absolute Gasteiger partial charge is 0.331 e. The van der Waals surface area contributed by atoms with Gasteiger partial charge in [0.05, 0.1) is 4.90 Å². The molecule has 0 radical (unpaired) electrons. The summed E-state index contributed by atoms with van der Waals surface area (Å²) in [6.45, 7) is -0.506. The van der Waals surface area contributed by atoms with Crippen LogP contribution >= 0.6 is 11.6 Å². The van der Waals surface area contributed by atoms with Crippen LogP contribution in [0.1, 0.15) is 5.56 Å². The van der Waals surface area contributed by atoms with Crippen molar-refractivity contribution in [1.29, 1.82) is 0 Å². The lowest BCUT2D eigenvalue weighted by atomic mass is 10.2. The van der Waals surface area contributed by atoms with Gasteiger partial charge in [-0.2, -0.15) is 0 Å². The zero-order chi connectivity index (χ0) is 20.7. The lowest BCUT2D eigenvalue weighted by Gasteiger charge is -2.12. The van der Waals surface area contributed by atoms with E-state index in [0.29, 0.717) is 5.02 Å². The number of carbonyl (C=O) groups is 2. The van der Waals surface area contributed by atoms with Crippen LogP contribution in [0.15, 0.2) is 59.5 Å². The number of nitrogens with zero attached hydrogens (tertiary/aromatic N) is 1. The number of rotatable bonds is 7. The highest BCUT2D eigenvalue weighted by atomic mass is 35.5. The number of amides is 1. The Bertz CT molecular complexity index is 986. The van der Waals surface area contributed by atoms with E-state index in [1.54, 1.807) is 24.3 Å². The van der Waals surface area contributed by atoms with Crippen molar-refractivity contribution >= 4 is 45.3 Å². The normalized spacial score (nSPS) is 11.6. The molecule has 0 atom stereocenters. The number of benzene rings is 2. The van der Waals surface area contributed by atoms with E-state index in [1.807, 2.05) is 0 Å². The Hall–Kier alpha value is -2.68. The Morgan fingerprint density at radius 1 is 1.14 bits per heavy atom. The summed E-state index contributed by atoms with van der Waals surface area (Å²) < 4.78 is 30.2. The molecular formula is C19H19ClN2O5S. The number of hydrogen-bond donors (Lipinski definition) is 1. The van der Waals surface area contributed by atoms with Crippen molar-refractivity contribution in [3.8, 4) is 0 Å². The number of ether oxygens (including phenoxy) is 1. The molecule has 0 unspecified atom stereocenters. The Balaban J connectivity index is 1.90. The maximum absolute atomic E-state index is 12.1. The molecule has 0 bridgehead atoms. The van der Waals surface area contributed by atoms with Crippen LogP contribution in [0.4, 0.5) is 5.69 Å². The summed E-state index contributed by atoms with van der Waals surface area (Å²) in [7, 11) is -0.790. The fourth-order valence-electron chi connectivity index (χ4n) is 2.07. The molecule has 2 aromatic rings. The number of halogens is 1. The Labute approximate surface area is 168 Å². The third-order valence-corrected chi connectivity index (χ3v) is 5.59. The first kappa shape index (κ1) is 21.6. The van der Waals surface area contributed by atoms with Gasteiger partial charge in [0.15, 0.2) is 6.61 Å². The second kappa shape index (κ2) is 9.50. The minimum Gasteiger partial charge on any atom is -0.452 e. The number of sulfonamides is 1. The number of anilines is 1. The second-order valence-corrected chi connectivity index (χ2v) is 8.44. The maximum Gasteiger partial charge on any atom is 0.331 e. The van der Waals surface area contributed by atoms with Gasteiger partial charge in [-0.1, -0.05) is 29.8 Å². The molecule has 148 valence electrons. The van der Waals surface area contributed by atoms with Gasteiger partial charge in [-0.05, 0) is 42.0 Å². The maximum atomic E-state index is 12.1. The van der Waals surface area contributed by atoms with Crippen LogP contribution in [0.3, 0.4) is 0 Å². The average molecular weight is 423 g/mol. The first-order valence-electron chi connectivity index (χ1n) is 8.11. The van der Waals surface area contributed by atoms with E-state index >= 15 is 0 Å². The zero-order valence-corrected chi connectivity index (χ0v) is 16.8. The van der Waals surface area contributed by atoms with Crippen molar-refractivity contribution in [3.05, 3.63) is 65.2 Å². The van der Waals surface area contributed by atoms with Gasteiger partial charge in [0.25, 0.3) is 5.91 Å². The third-order valence-electron chi connectivity index (χ3n) is 3.52. The topological polar surface area (TPSA) is 92.8 Å². The van der Waals surface area contributed by atoms with Gasteiger partial charge in [0.1, 0.15) is 0 Å². The molecule has 2 rings (SSSR count). The largest absolute Gasteiger partial charge is 0.452 e. The lowest BCUT2D eigenvalue weighted by Crippen LogP contribution is -2.23. The summed E-state index contributed by atoms with van der Waals surface area (Å²) in [5.41, 5.74) is 1.03. The molecule has 0 aliphatic heterocycles. The molecule has 0 saturated carbocycles. The summed E-state index contributed by atoms with van der Waals surface area (Å²) in [6.07, 6.45) is 2.73. The lowest BCUT2D eigenvalue weighted by molar-refractivity contribution is -0.142. The van der Waals surface area contributed by atoms with Crippen LogP contribution in [-0.4, -0.2) is 45.3 Å². The molecule has 0 fully saturated rings. The van der Waals surface area contributed by atoms with Gasteiger partial charge in [-0.25, -0.2) is 17.5 Å². The molecule has 0 spiro atoms. The first-order valence-corrected chi connectivity index (χ1v) is 9.93. The Morgan fingerprint density at radius 2 is 1.82 bits per heavy atom. The van der Waals surface area contributed by atoms with Gasteiger partial charge < -0.3 is 10.1 Å². The highest BCUT2D eigenvalue weighted by Gasteiger charge is 2.17. The first-order chi connectivity index (χ1) is 13.2. The average Bonchev–Trinajstić information content (AvgIpc) is 2.66. The Morgan fingerprint density at radius 3 is 2.46 bits per heavy atom. The van der Waals surface area contributed by atoms with Crippen molar-refractivity contribution in [2.75, 3.05) is 26.0 Å². The monoisotopic (exact) mass is 422 g/mol. The predicted octanol–water partition coefficient (Wildman–Crippen LogP) is 2.79. The predicted molar refractivity (Wildman–Crippen MR) is 107 cm³/mol. The third kappa shape index (κ3) is 6.19. The van der Waals surface area contributed by atoms with E-state index in [2.05, 4.69) is 5.32 Å². The van der Waals surface area contributed by atoms with Crippen LogP contribution in [-0.2, 0) is 24.3 Å². The molecule has 0 heterocycles. The molecule has 0 aliphatic carbocycles. The van der Waals surface area contributed by atoms with Crippen LogP contribution in [0.25, 0.3) is 6.08 Å². The van der Waals surface area contributed by atoms with E-state index in [0.717, 1.165) is 9.87 Å². The molecule has 7 nitrogen and oxygen atoms in total. The van der Waals surface area contributed by atoms with Gasteiger partial charge >= 0.3 is 5.97 Å². The van der Waals surface area contributed by atoms with Gasteiger partial charge in [0.2, 0.25) is 10.0 Å². The van der Waals surface area contributed by atoms with E-state index in [4.69, 9.17) is 16.3 Å². The van der Waals surface area contributed by atoms with Crippen molar-refractivity contribution in [3.63, 3.8) is 0 Å². The number of carbonyl (C=O) groups excluding carboxylic acids is 2. The summed E-state index contributed by atoms with van der Waals surface area (Å²) >= 11 is 5.78. The highest BCUT2D eigenvalue weighted by molar-refractivity contribution is 7.89. The standard InChI is InChI=1S/C19H19ClN2O5S/c1-22(2)28(25,26)17-5-3-4-16(12-17)21-18(23)13-27-19(24)11-8-14-6-9-15(20)10-7-14/h3-12H,13H2,1-2H3,(H,21,23)/b11-8+. The van der Waals surface area contributed by atoms with Crippen molar-refractivity contribution in [2.24, 2.45) is 0 Å². The molecule has 1 amide bonds. The van der Waals surface area contributed by atoms with Gasteiger partial charge in [0, 0.05) is 30.9 Å². The van der Waals surface area contributed by atoms with Crippen molar-refractivity contribution in [1.82, 2.24) is 4.31 Å². The van der Waals surface area contributed by atoms with Crippen LogP contribution in [0.2, 0.25) is 5.02 Å². The Kier molecular flexibility index (Phi) is 7.33. The van der Waals surface area contributed by atoms with E-state index in [9.17, 15) is 18.0 Å². The van der Waals surface area contributed by atoms with Crippen molar-refractivity contribution < 1.29 is 22.7 Å². The molecule has 0 aromatic heterocycles. The summed E-state index contributed by atoms with van der Waals surface area (Å²) in [4.78, 5) is 23.7. The SMILES string of the molecule is CN(C)S(=O)(=O)c1cccc(NC(=O)COC(=O)/C=C/c2ccc(Cl)cc2)c1. The summed E-state index contributed by atoms with van der Waals surface area (Å²) in [6, 6.07) is 12.6. The van der Waals surface area contributed by atoms with Gasteiger partial charge in [-0.15, -0.1) is 0 Å². The number of nitrogens with one attached hydrogen (secondary N) is 1. The number of hydrogen-bond acceptors (Lipinski definition) is 5. The zero-order valence-electron chi connectivity index (χ0n) is 15.3. The molecule has 2 aromatic carbocycles. The van der Waals surface area contributed by atoms with Gasteiger partial charge in [-0.3, -0.25) is 4.79 Å². The fourth-order valence-corrected chi connectivity index (χ4v) is 3.14. The molecular weight excluding hydrogens is 404 g/mol. The van der Waals surface area contributed by atoms with E-state index in [-0.39, 0.29) is 10.6 Å².